The molecule has 1 heterocycles. The van der Waals surface area contributed by atoms with Crippen molar-refractivity contribution in [2.45, 2.75) is 38.8 Å². The fourth-order valence-corrected chi connectivity index (χ4v) is 3.06. The van der Waals surface area contributed by atoms with Crippen LogP contribution in [0, 0.1) is 6.92 Å². The van der Waals surface area contributed by atoms with E-state index in [-0.39, 0.29) is 0 Å². The lowest BCUT2D eigenvalue weighted by Gasteiger charge is -2.31. The highest BCUT2D eigenvalue weighted by atomic mass is 15.2. The second-order valence-corrected chi connectivity index (χ2v) is 5.12. The number of nitrogens with zero attached hydrogens (tertiary/aromatic N) is 1. The average molecular weight is 232 g/mol. The number of rotatable bonds is 4. The highest BCUT2D eigenvalue weighted by molar-refractivity contribution is 5.28. The molecule has 1 aromatic rings. The van der Waals surface area contributed by atoms with E-state index in [9.17, 15) is 0 Å². The maximum Gasteiger partial charge on any atom is 0.0325 e. The lowest BCUT2D eigenvalue weighted by Crippen LogP contribution is -2.38. The summed E-state index contributed by atoms with van der Waals surface area (Å²) in [5.74, 6) is 0. The summed E-state index contributed by atoms with van der Waals surface area (Å²) in [6.45, 7) is 6.91. The molecule has 0 amide bonds. The molecule has 2 heteroatoms. The molecule has 17 heavy (non-hydrogen) atoms. The van der Waals surface area contributed by atoms with Crippen LogP contribution in [0.2, 0.25) is 0 Å². The molecule has 0 saturated carbocycles. The first-order valence-electron chi connectivity index (χ1n) is 6.70. The maximum atomic E-state index is 3.32. The molecule has 1 saturated heterocycles. The van der Waals surface area contributed by atoms with Crippen LogP contribution in [0.5, 0.6) is 0 Å². The van der Waals surface area contributed by atoms with Gasteiger partial charge in [-0.05, 0) is 51.4 Å². The standard InChI is InChI=1S/C15H24N2/c1-12-7-4-5-9-15(12)13(2)17-10-6-8-14(17)11-16-3/h4-5,7,9,13-14,16H,6,8,10-11H2,1-3H3. The zero-order valence-electron chi connectivity index (χ0n) is 11.2. The Bertz CT molecular complexity index is 362. The molecule has 0 spiro atoms. The Morgan fingerprint density at radius 2 is 2.18 bits per heavy atom. The van der Waals surface area contributed by atoms with Gasteiger partial charge in [0, 0.05) is 18.6 Å². The SMILES string of the molecule is CNCC1CCCN1C(C)c1ccccc1C. The van der Waals surface area contributed by atoms with Gasteiger partial charge in [-0.1, -0.05) is 24.3 Å². The summed E-state index contributed by atoms with van der Waals surface area (Å²) in [7, 11) is 2.05. The minimum Gasteiger partial charge on any atom is -0.318 e. The lowest BCUT2D eigenvalue weighted by atomic mass is 10.0. The molecule has 2 rings (SSSR count). The molecule has 1 aromatic carbocycles. The van der Waals surface area contributed by atoms with Crippen LogP contribution in [0.1, 0.15) is 36.9 Å². The van der Waals surface area contributed by atoms with Gasteiger partial charge in [-0.2, -0.15) is 0 Å². The van der Waals surface area contributed by atoms with E-state index in [1.54, 1.807) is 0 Å². The molecule has 0 radical (unpaired) electrons. The van der Waals surface area contributed by atoms with Crippen LogP contribution < -0.4 is 5.32 Å². The third-order valence-electron chi connectivity index (χ3n) is 4.00. The van der Waals surface area contributed by atoms with Gasteiger partial charge < -0.3 is 5.32 Å². The van der Waals surface area contributed by atoms with E-state index in [4.69, 9.17) is 0 Å². The Balaban J connectivity index is 2.14. The molecule has 1 aliphatic rings. The Kier molecular flexibility index (Phi) is 4.19. The number of hydrogen-bond donors (Lipinski definition) is 1. The van der Waals surface area contributed by atoms with Gasteiger partial charge in [-0.3, -0.25) is 4.90 Å². The summed E-state index contributed by atoms with van der Waals surface area (Å²) in [5.41, 5.74) is 2.89. The fraction of sp³-hybridized carbons (Fsp3) is 0.600. The van der Waals surface area contributed by atoms with E-state index in [1.165, 1.54) is 30.5 Å². The minimum atomic E-state index is 0.539. The van der Waals surface area contributed by atoms with Crippen molar-refractivity contribution in [3.8, 4) is 0 Å². The molecule has 1 aliphatic heterocycles. The largest absolute Gasteiger partial charge is 0.318 e. The highest BCUT2D eigenvalue weighted by Gasteiger charge is 2.28. The van der Waals surface area contributed by atoms with Crippen LogP contribution in [0.25, 0.3) is 0 Å². The van der Waals surface area contributed by atoms with Crippen LogP contribution in [0.3, 0.4) is 0 Å². The van der Waals surface area contributed by atoms with Crippen LogP contribution in [-0.2, 0) is 0 Å². The maximum absolute atomic E-state index is 3.32. The van der Waals surface area contributed by atoms with Gasteiger partial charge in [-0.25, -0.2) is 0 Å². The van der Waals surface area contributed by atoms with E-state index in [2.05, 4.69) is 55.4 Å². The molecular weight excluding hydrogens is 208 g/mol. The van der Waals surface area contributed by atoms with Gasteiger partial charge in [-0.15, -0.1) is 0 Å². The van der Waals surface area contributed by atoms with Gasteiger partial charge in [0.15, 0.2) is 0 Å². The molecule has 94 valence electrons. The predicted molar refractivity (Wildman–Crippen MR) is 73.2 cm³/mol. The summed E-state index contributed by atoms with van der Waals surface area (Å²) in [4.78, 5) is 2.65. The van der Waals surface area contributed by atoms with Gasteiger partial charge in [0.2, 0.25) is 0 Å². The first-order chi connectivity index (χ1) is 8.24. The van der Waals surface area contributed by atoms with Crippen molar-refractivity contribution >= 4 is 0 Å². The highest BCUT2D eigenvalue weighted by Crippen LogP contribution is 2.30. The van der Waals surface area contributed by atoms with Crippen molar-refractivity contribution in [3.63, 3.8) is 0 Å². The van der Waals surface area contributed by atoms with E-state index < -0.39 is 0 Å². The second kappa shape index (κ2) is 5.65. The average Bonchev–Trinajstić information content (AvgIpc) is 2.78. The quantitative estimate of drug-likeness (QED) is 0.858. The summed E-state index contributed by atoms with van der Waals surface area (Å²) in [6, 6.07) is 10.0. The van der Waals surface area contributed by atoms with Crippen LogP contribution in [0.15, 0.2) is 24.3 Å². The molecule has 1 fully saturated rings. The molecular formula is C15H24N2. The molecule has 2 unspecified atom stereocenters. The van der Waals surface area contributed by atoms with Crippen LogP contribution in [0.4, 0.5) is 0 Å². The van der Waals surface area contributed by atoms with Gasteiger partial charge in [0.1, 0.15) is 0 Å². The number of aryl methyl sites for hydroxylation is 1. The Hall–Kier alpha value is -0.860. The van der Waals surface area contributed by atoms with Gasteiger partial charge in [0.25, 0.3) is 0 Å². The fourth-order valence-electron chi connectivity index (χ4n) is 3.06. The van der Waals surface area contributed by atoms with Crippen molar-refractivity contribution in [3.05, 3.63) is 35.4 Å². The van der Waals surface area contributed by atoms with Gasteiger partial charge in [0.05, 0.1) is 0 Å². The van der Waals surface area contributed by atoms with Crippen molar-refractivity contribution in [2.75, 3.05) is 20.1 Å². The molecule has 0 bridgehead atoms. The molecule has 2 nitrogen and oxygen atoms in total. The summed E-state index contributed by atoms with van der Waals surface area (Å²) in [6.07, 6.45) is 2.67. The predicted octanol–water partition coefficient (Wildman–Crippen LogP) is 2.74. The Labute approximate surface area is 105 Å². The summed E-state index contributed by atoms with van der Waals surface area (Å²) < 4.78 is 0. The van der Waals surface area contributed by atoms with Crippen molar-refractivity contribution in [1.29, 1.82) is 0 Å². The van der Waals surface area contributed by atoms with Crippen molar-refractivity contribution < 1.29 is 0 Å². The first-order valence-corrected chi connectivity index (χ1v) is 6.70. The molecule has 1 N–H and O–H groups in total. The molecule has 0 aliphatic carbocycles. The van der Waals surface area contributed by atoms with Crippen molar-refractivity contribution in [1.82, 2.24) is 10.2 Å². The zero-order valence-corrected chi connectivity index (χ0v) is 11.2. The van der Waals surface area contributed by atoms with Crippen molar-refractivity contribution in [2.24, 2.45) is 0 Å². The lowest BCUT2D eigenvalue weighted by molar-refractivity contribution is 0.190. The topological polar surface area (TPSA) is 15.3 Å². The summed E-state index contributed by atoms with van der Waals surface area (Å²) >= 11 is 0. The number of likely N-dealkylation sites (tertiary alicyclic amines) is 1. The molecule has 0 aromatic heterocycles. The van der Waals surface area contributed by atoms with E-state index in [1.807, 2.05) is 0 Å². The number of hydrogen-bond acceptors (Lipinski definition) is 2. The first kappa shape index (κ1) is 12.6. The monoisotopic (exact) mass is 232 g/mol. The second-order valence-electron chi connectivity index (χ2n) is 5.12. The normalized spacial score (nSPS) is 22.9. The van der Waals surface area contributed by atoms with E-state index in [0.717, 1.165) is 6.54 Å². The number of nitrogens with one attached hydrogen (secondary N) is 1. The van der Waals surface area contributed by atoms with E-state index >= 15 is 0 Å². The summed E-state index contributed by atoms with van der Waals surface area (Å²) in [5, 5.41) is 3.32. The van der Waals surface area contributed by atoms with Crippen LogP contribution >= 0.6 is 0 Å². The Morgan fingerprint density at radius 3 is 2.88 bits per heavy atom. The number of likely N-dealkylation sites (N-methyl/N-ethyl adjacent to an activating group) is 1. The third kappa shape index (κ3) is 2.70. The smallest absolute Gasteiger partial charge is 0.0325 e. The molecule has 2 atom stereocenters. The minimum absolute atomic E-state index is 0.539. The Morgan fingerprint density at radius 1 is 1.41 bits per heavy atom. The van der Waals surface area contributed by atoms with Crippen LogP contribution in [-0.4, -0.2) is 31.1 Å². The van der Waals surface area contributed by atoms with Gasteiger partial charge >= 0.3 is 0 Å². The zero-order chi connectivity index (χ0) is 12.3. The van der Waals surface area contributed by atoms with E-state index in [0.29, 0.717) is 12.1 Å². The third-order valence-corrected chi connectivity index (χ3v) is 4.00. The number of benzene rings is 1.